The van der Waals surface area contributed by atoms with Gasteiger partial charge in [-0.3, -0.25) is 4.21 Å². The van der Waals surface area contributed by atoms with Crippen molar-refractivity contribution in [3.05, 3.63) is 29.8 Å². The fraction of sp³-hybridized carbons (Fsp3) is 0.300. The van der Waals surface area contributed by atoms with E-state index < -0.39 is 16.8 Å². The molecule has 0 bridgehead atoms. The fourth-order valence-electron chi connectivity index (χ4n) is 1.14. The van der Waals surface area contributed by atoms with Crippen LogP contribution in [0.25, 0.3) is 0 Å². The topological polar surface area (TPSA) is 54.4 Å². The van der Waals surface area contributed by atoms with Gasteiger partial charge in [0.25, 0.3) is 0 Å². The van der Waals surface area contributed by atoms with Crippen LogP contribution in [0.1, 0.15) is 23.7 Å². The normalized spacial score (nSPS) is 12.4. The van der Waals surface area contributed by atoms with Crippen molar-refractivity contribution in [2.75, 3.05) is 5.75 Å². The van der Waals surface area contributed by atoms with E-state index in [1.807, 2.05) is 6.92 Å². The second-order valence-electron chi connectivity index (χ2n) is 2.85. The Kier molecular flexibility index (Phi) is 3.83. The molecule has 0 aliphatic carbocycles. The van der Waals surface area contributed by atoms with Gasteiger partial charge in [0.05, 0.1) is 21.3 Å². The SMILES string of the molecule is CCCS(=O)c1ccccc1C(=O)O. The summed E-state index contributed by atoms with van der Waals surface area (Å²) < 4.78 is 11.6. The second kappa shape index (κ2) is 4.91. The maximum absolute atomic E-state index is 11.6. The minimum atomic E-state index is -1.20. The Morgan fingerprint density at radius 3 is 2.64 bits per heavy atom. The third-order valence-electron chi connectivity index (χ3n) is 1.75. The van der Waals surface area contributed by atoms with Crippen LogP contribution in [0, 0.1) is 0 Å². The van der Waals surface area contributed by atoms with Crippen molar-refractivity contribution in [1.29, 1.82) is 0 Å². The van der Waals surface area contributed by atoms with E-state index in [1.165, 1.54) is 6.07 Å². The zero-order chi connectivity index (χ0) is 10.6. The molecule has 14 heavy (non-hydrogen) atoms. The average Bonchev–Trinajstić information content (AvgIpc) is 2.18. The molecule has 0 saturated carbocycles. The van der Waals surface area contributed by atoms with Gasteiger partial charge in [-0.2, -0.15) is 0 Å². The predicted octanol–water partition coefficient (Wildman–Crippen LogP) is 1.90. The van der Waals surface area contributed by atoms with Crippen LogP contribution in [0.15, 0.2) is 29.2 Å². The summed E-state index contributed by atoms with van der Waals surface area (Å²) in [4.78, 5) is 11.2. The first-order valence-electron chi connectivity index (χ1n) is 4.37. The number of benzene rings is 1. The van der Waals surface area contributed by atoms with Crippen molar-refractivity contribution >= 4 is 16.8 Å². The molecule has 0 amide bonds. The third-order valence-corrected chi connectivity index (χ3v) is 3.38. The smallest absolute Gasteiger partial charge is 0.336 e. The molecule has 1 aromatic rings. The van der Waals surface area contributed by atoms with Gasteiger partial charge in [-0.05, 0) is 18.6 Å². The highest BCUT2D eigenvalue weighted by Crippen LogP contribution is 2.14. The van der Waals surface area contributed by atoms with E-state index in [0.29, 0.717) is 10.6 Å². The van der Waals surface area contributed by atoms with Crippen LogP contribution in [0.2, 0.25) is 0 Å². The van der Waals surface area contributed by atoms with Gasteiger partial charge in [0, 0.05) is 5.75 Å². The minimum absolute atomic E-state index is 0.138. The molecule has 0 fully saturated rings. The summed E-state index contributed by atoms with van der Waals surface area (Å²) in [7, 11) is -1.20. The van der Waals surface area contributed by atoms with E-state index in [-0.39, 0.29) is 5.56 Å². The summed E-state index contributed by atoms with van der Waals surface area (Å²) in [5, 5.41) is 8.85. The summed E-state index contributed by atoms with van der Waals surface area (Å²) in [6, 6.07) is 6.42. The Morgan fingerprint density at radius 1 is 1.43 bits per heavy atom. The van der Waals surface area contributed by atoms with Crippen LogP contribution in [0.3, 0.4) is 0 Å². The minimum Gasteiger partial charge on any atom is -0.478 e. The van der Waals surface area contributed by atoms with Crippen molar-refractivity contribution in [3.63, 3.8) is 0 Å². The molecule has 0 heterocycles. The molecule has 0 saturated heterocycles. The maximum Gasteiger partial charge on any atom is 0.336 e. The first-order valence-corrected chi connectivity index (χ1v) is 5.69. The lowest BCUT2D eigenvalue weighted by molar-refractivity contribution is 0.0693. The number of carboxylic acid groups (broad SMARTS) is 1. The number of hydrogen-bond acceptors (Lipinski definition) is 2. The second-order valence-corrected chi connectivity index (χ2v) is 4.39. The standard InChI is InChI=1S/C10H12O3S/c1-2-7-14(13)9-6-4-3-5-8(9)10(11)12/h3-6H,2,7H2,1H3,(H,11,12). The van der Waals surface area contributed by atoms with E-state index >= 15 is 0 Å². The summed E-state index contributed by atoms with van der Waals surface area (Å²) in [5.41, 5.74) is 0.138. The van der Waals surface area contributed by atoms with E-state index in [0.717, 1.165) is 6.42 Å². The van der Waals surface area contributed by atoms with Crippen molar-refractivity contribution in [2.45, 2.75) is 18.2 Å². The molecule has 3 nitrogen and oxygen atoms in total. The van der Waals surface area contributed by atoms with Crippen molar-refractivity contribution in [2.24, 2.45) is 0 Å². The highest BCUT2D eigenvalue weighted by Gasteiger charge is 2.13. The Bertz CT molecular complexity index is 360. The molecule has 0 aliphatic heterocycles. The lowest BCUT2D eigenvalue weighted by atomic mass is 10.2. The monoisotopic (exact) mass is 212 g/mol. The predicted molar refractivity (Wildman–Crippen MR) is 55.0 cm³/mol. The van der Waals surface area contributed by atoms with E-state index in [1.54, 1.807) is 18.2 Å². The highest BCUT2D eigenvalue weighted by atomic mass is 32.2. The summed E-state index contributed by atoms with van der Waals surface area (Å²) in [6.07, 6.45) is 0.778. The van der Waals surface area contributed by atoms with Crippen LogP contribution in [-0.2, 0) is 10.8 Å². The molecule has 1 atom stereocenters. The molecule has 1 N–H and O–H groups in total. The first kappa shape index (κ1) is 10.9. The first-order chi connectivity index (χ1) is 6.66. The van der Waals surface area contributed by atoms with Crippen LogP contribution >= 0.6 is 0 Å². The van der Waals surface area contributed by atoms with Gasteiger partial charge in [-0.1, -0.05) is 19.1 Å². The molecule has 4 heteroatoms. The molecule has 0 radical (unpaired) electrons. The van der Waals surface area contributed by atoms with Crippen LogP contribution < -0.4 is 0 Å². The Balaban J connectivity index is 3.07. The molecule has 1 unspecified atom stereocenters. The van der Waals surface area contributed by atoms with Crippen LogP contribution in [-0.4, -0.2) is 21.0 Å². The summed E-state index contributed by atoms with van der Waals surface area (Å²) in [5.74, 6) is -0.519. The third kappa shape index (κ3) is 2.42. The summed E-state index contributed by atoms with van der Waals surface area (Å²) >= 11 is 0. The van der Waals surface area contributed by atoms with Crippen LogP contribution in [0.4, 0.5) is 0 Å². The molecule has 0 spiro atoms. The summed E-state index contributed by atoms with van der Waals surface area (Å²) in [6.45, 7) is 1.92. The maximum atomic E-state index is 11.6. The Labute approximate surface area is 85.2 Å². The van der Waals surface area contributed by atoms with Gasteiger partial charge in [-0.25, -0.2) is 4.79 Å². The number of carboxylic acids is 1. The van der Waals surface area contributed by atoms with Crippen molar-refractivity contribution in [1.82, 2.24) is 0 Å². The van der Waals surface area contributed by atoms with E-state index in [4.69, 9.17) is 5.11 Å². The van der Waals surface area contributed by atoms with Gasteiger partial charge in [0.2, 0.25) is 0 Å². The lowest BCUT2D eigenvalue weighted by Crippen LogP contribution is -2.06. The number of aromatic carboxylic acids is 1. The number of rotatable bonds is 4. The fourth-order valence-corrected chi connectivity index (χ4v) is 2.36. The number of carbonyl (C=O) groups is 1. The molecule has 0 aromatic heterocycles. The van der Waals surface area contributed by atoms with Gasteiger partial charge in [0.15, 0.2) is 0 Å². The van der Waals surface area contributed by atoms with E-state index in [9.17, 15) is 9.00 Å². The molecular formula is C10H12O3S. The van der Waals surface area contributed by atoms with Gasteiger partial charge >= 0.3 is 5.97 Å². The molecular weight excluding hydrogens is 200 g/mol. The highest BCUT2D eigenvalue weighted by molar-refractivity contribution is 7.85. The molecule has 1 aromatic carbocycles. The molecule has 1 rings (SSSR count). The van der Waals surface area contributed by atoms with Gasteiger partial charge in [0.1, 0.15) is 0 Å². The largest absolute Gasteiger partial charge is 0.478 e. The molecule has 76 valence electrons. The van der Waals surface area contributed by atoms with Gasteiger partial charge in [-0.15, -0.1) is 0 Å². The quantitative estimate of drug-likeness (QED) is 0.829. The Morgan fingerprint density at radius 2 is 2.07 bits per heavy atom. The van der Waals surface area contributed by atoms with Crippen LogP contribution in [0.5, 0.6) is 0 Å². The van der Waals surface area contributed by atoms with Crippen molar-refractivity contribution in [3.8, 4) is 0 Å². The Hall–Kier alpha value is -1.16. The van der Waals surface area contributed by atoms with E-state index in [2.05, 4.69) is 0 Å². The zero-order valence-electron chi connectivity index (χ0n) is 7.90. The van der Waals surface area contributed by atoms with Crippen molar-refractivity contribution < 1.29 is 14.1 Å². The average molecular weight is 212 g/mol. The zero-order valence-corrected chi connectivity index (χ0v) is 8.71. The number of hydrogen-bond donors (Lipinski definition) is 1. The molecule has 0 aliphatic rings. The lowest BCUT2D eigenvalue weighted by Gasteiger charge is -2.03. The van der Waals surface area contributed by atoms with Gasteiger partial charge < -0.3 is 5.11 Å².